The van der Waals surface area contributed by atoms with Gasteiger partial charge in [0.15, 0.2) is 0 Å². The summed E-state index contributed by atoms with van der Waals surface area (Å²) in [5.41, 5.74) is 1.08. The van der Waals surface area contributed by atoms with Gasteiger partial charge in [-0.2, -0.15) is 0 Å². The average molecular weight is 427 g/mol. The summed E-state index contributed by atoms with van der Waals surface area (Å²) >= 11 is 3.06. The van der Waals surface area contributed by atoms with E-state index < -0.39 is 0 Å². The van der Waals surface area contributed by atoms with Crippen LogP contribution in [0.4, 0.5) is 0 Å². The number of carbonyl (C=O) groups excluding carboxylic acids is 2. The van der Waals surface area contributed by atoms with Gasteiger partial charge < -0.3 is 9.80 Å². The van der Waals surface area contributed by atoms with Crippen molar-refractivity contribution in [2.75, 3.05) is 6.54 Å². The standard InChI is InChI=1S/C23H26N2O2S2/c1-3-18(2)25(23(27)21-12-8-14-29-21)17-22(26)24(16-20-11-7-13-28-20)15-19-9-5-4-6-10-19/h4-14,18H,3,15-17H2,1-2H3. The van der Waals surface area contributed by atoms with Gasteiger partial charge in [0.05, 0.1) is 11.4 Å². The van der Waals surface area contributed by atoms with E-state index in [1.165, 1.54) is 11.3 Å². The molecule has 0 saturated heterocycles. The Morgan fingerprint density at radius 1 is 0.931 bits per heavy atom. The van der Waals surface area contributed by atoms with E-state index in [9.17, 15) is 9.59 Å². The zero-order chi connectivity index (χ0) is 20.6. The van der Waals surface area contributed by atoms with Crippen LogP contribution >= 0.6 is 22.7 Å². The number of thiophene rings is 2. The molecule has 3 aromatic rings. The third kappa shape index (κ3) is 5.78. The van der Waals surface area contributed by atoms with Crippen LogP contribution in [0.15, 0.2) is 65.4 Å². The van der Waals surface area contributed by atoms with Gasteiger partial charge in [0.25, 0.3) is 5.91 Å². The minimum atomic E-state index is -0.0708. The summed E-state index contributed by atoms with van der Waals surface area (Å²) in [4.78, 5) is 31.7. The molecule has 29 heavy (non-hydrogen) atoms. The Labute approximate surface area is 180 Å². The molecule has 1 unspecified atom stereocenters. The van der Waals surface area contributed by atoms with Gasteiger partial charge in [-0.1, -0.05) is 49.4 Å². The highest BCUT2D eigenvalue weighted by atomic mass is 32.1. The minimum absolute atomic E-state index is 0.00568. The summed E-state index contributed by atoms with van der Waals surface area (Å²) in [6.45, 7) is 5.20. The van der Waals surface area contributed by atoms with Crippen LogP contribution in [-0.2, 0) is 17.9 Å². The normalized spacial score (nSPS) is 11.8. The van der Waals surface area contributed by atoms with Gasteiger partial charge in [-0.05, 0) is 41.8 Å². The lowest BCUT2D eigenvalue weighted by Gasteiger charge is -2.31. The first kappa shape index (κ1) is 21.3. The maximum Gasteiger partial charge on any atom is 0.264 e. The average Bonchev–Trinajstić information content (AvgIpc) is 3.45. The molecule has 4 nitrogen and oxygen atoms in total. The van der Waals surface area contributed by atoms with Crippen LogP contribution in [0.1, 0.15) is 40.4 Å². The molecule has 0 spiro atoms. The van der Waals surface area contributed by atoms with Gasteiger partial charge in [0, 0.05) is 17.5 Å². The second kappa shape index (κ2) is 10.4. The molecular formula is C23H26N2O2S2. The highest BCUT2D eigenvalue weighted by molar-refractivity contribution is 7.12. The molecule has 152 valence electrons. The van der Waals surface area contributed by atoms with E-state index in [0.717, 1.165) is 16.9 Å². The third-order valence-electron chi connectivity index (χ3n) is 4.92. The SMILES string of the molecule is CCC(C)N(CC(=O)N(Cc1ccccc1)Cc1cccs1)C(=O)c1cccs1. The van der Waals surface area contributed by atoms with E-state index in [1.54, 1.807) is 16.2 Å². The monoisotopic (exact) mass is 426 g/mol. The van der Waals surface area contributed by atoms with Crippen molar-refractivity contribution < 1.29 is 9.59 Å². The van der Waals surface area contributed by atoms with Gasteiger partial charge in [-0.25, -0.2) is 0 Å². The van der Waals surface area contributed by atoms with Gasteiger partial charge in [0.1, 0.15) is 6.54 Å². The van der Waals surface area contributed by atoms with Crippen LogP contribution in [-0.4, -0.2) is 34.2 Å². The lowest BCUT2D eigenvalue weighted by molar-refractivity contribution is -0.133. The molecule has 0 saturated carbocycles. The first-order valence-corrected chi connectivity index (χ1v) is 11.5. The van der Waals surface area contributed by atoms with Crippen molar-refractivity contribution in [2.45, 2.75) is 39.4 Å². The number of benzene rings is 1. The van der Waals surface area contributed by atoms with Crippen molar-refractivity contribution in [3.63, 3.8) is 0 Å². The molecule has 0 aliphatic carbocycles. The third-order valence-corrected chi connectivity index (χ3v) is 6.64. The van der Waals surface area contributed by atoms with Crippen molar-refractivity contribution in [2.24, 2.45) is 0 Å². The molecule has 2 heterocycles. The zero-order valence-corrected chi connectivity index (χ0v) is 18.4. The quantitative estimate of drug-likeness (QED) is 0.467. The maximum absolute atomic E-state index is 13.3. The van der Waals surface area contributed by atoms with E-state index in [1.807, 2.05) is 84.1 Å². The smallest absolute Gasteiger partial charge is 0.264 e. The van der Waals surface area contributed by atoms with E-state index in [4.69, 9.17) is 0 Å². The Hall–Kier alpha value is -2.44. The summed E-state index contributed by atoms with van der Waals surface area (Å²) in [5, 5.41) is 3.91. The van der Waals surface area contributed by atoms with Crippen molar-refractivity contribution in [3.8, 4) is 0 Å². The van der Waals surface area contributed by atoms with Crippen molar-refractivity contribution >= 4 is 34.5 Å². The molecule has 0 radical (unpaired) electrons. The molecule has 1 aromatic carbocycles. The lowest BCUT2D eigenvalue weighted by atomic mass is 10.2. The fraction of sp³-hybridized carbons (Fsp3) is 0.304. The molecule has 0 fully saturated rings. The fourth-order valence-corrected chi connectivity index (χ4v) is 4.46. The Bertz CT molecular complexity index is 892. The number of nitrogens with zero attached hydrogens (tertiary/aromatic N) is 2. The summed E-state index contributed by atoms with van der Waals surface area (Å²) in [6, 6.07) is 17.7. The van der Waals surface area contributed by atoms with Crippen molar-refractivity contribution in [1.82, 2.24) is 9.80 Å². The van der Waals surface area contributed by atoms with Crippen LogP contribution in [0.25, 0.3) is 0 Å². The second-order valence-corrected chi connectivity index (χ2v) is 8.96. The van der Waals surface area contributed by atoms with Crippen LogP contribution in [0, 0.1) is 0 Å². The summed E-state index contributed by atoms with van der Waals surface area (Å²) in [5.74, 6) is -0.106. The zero-order valence-electron chi connectivity index (χ0n) is 16.8. The highest BCUT2D eigenvalue weighted by Gasteiger charge is 2.26. The van der Waals surface area contributed by atoms with Crippen LogP contribution in [0.3, 0.4) is 0 Å². The Kier molecular flexibility index (Phi) is 7.61. The molecule has 2 aromatic heterocycles. The van der Waals surface area contributed by atoms with Crippen LogP contribution in [0.2, 0.25) is 0 Å². The molecule has 6 heteroatoms. The summed E-state index contributed by atoms with van der Waals surface area (Å²) < 4.78 is 0. The first-order valence-electron chi connectivity index (χ1n) is 9.77. The second-order valence-electron chi connectivity index (χ2n) is 6.98. The van der Waals surface area contributed by atoms with E-state index in [-0.39, 0.29) is 24.4 Å². The van der Waals surface area contributed by atoms with E-state index >= 15 is 0 Å². The van der Waals surface area contributed by atoms with Gasteiger partial charge >= 0.3 is 0 Å². The van der Waals surface area contributed by atoms with Gasteiger partial charge in [-0.15, -0.1) is 22.7 Å². The fourth-order valence-electron chi connectivity index (χ4n) is 3.06. The van der Waals surface area contributed by atoms with E-state index in [0.29, 0.717) is 18.0 Å². The van der Waals surface area contributed by atoms with E-state index in [2.05, 4.69) is 0 Å². The topological polar surface area (TPSA) is 40.6 Å². The van der Waals surface area contributed by atoms with Crippen LogP contribution in [0.5, 0.6) is 0 Å². The Balaban J connectivity index is 1.79. The number of hydrogen-bond donors (Lipinski definition) is 0. The van der Waals surface area contributed by atoms with Crippen molar-refractivity contribution in [3.05, 3.63) is 80.7 Å². The number of rotatable bonds is 9. The molecule has 3 rings (SSSR count). The van der Waals surface area contributed by atoms with Crippen LogP contribution < -0.4 is 0 Å². The number of hydrogen-bond acceptors (Lipinski definition) is 4. The predicted octanol–water partition coefficient (Wildman–Crippen LogP) is 5.28. The molecule has 2 amide bonds. The molecule has 0 bridgehead atoms. The number of amides is 2. The van der Waals surface area contributed by atoms with Crippen molar-refractivity contribution in [1.29, 1.82) is 0 Å². The molecule has 0 aliphatic rings. The summed E-state index contributed by atoms with van der Waals surface area (Å²) in [6.07, 6.45) is 0.800. The highest BCUT2D eigenvalue weighted by Crippen LogP contribution is 2.18. The van der Waals surface area contributed by atoms with Gasteiger partial charge in [-0.3, -0.25) is 9.59 Å². The Morgan fingerprint density at radius 2 is 1.66 bits per heavy atom. The molecule has 0 aliphatic heterocycles. The Morgan fingerprint density at radius 3 is 2.28 bits per heavy atom. The van der Waals surface area contributed by atoms with Gasteiger partial charge in [0.2, 0.25) is 5.91 Å². The first-order chi connectivity index (χ1) is 14.1. The predicted molar refractivity (Wildman–Crippen MR) is 120 cm³/mol. The largest absolute Gasteiger partial charge is 0.332 e. The maximum atomic E-state index is 13.3. The molecule has 1 atom stereocenters. The minimum Gasteiger partial charge on any atom is -0.332 e. The summed E-state index contributed by atoms with van der Waals surface area (Å²) in [7, 11) is 0. The molecule has 0 N–H and O–H groups in total. The molecular weight excluding hydrogens is 400 g/mol. The lowest BCUT2D eigenvalue weighted by Crippen LogP contribution is -2.46. The number of carbonyl (C=O) groups is 2.